The highest BCUT2D eigenvalue weighted by Gasteiger charge is 2.12. The van der Waals surface area contributed by atoms with Crippen LogP contribution in [0.4, 0.5) is 10.1 Å². The minimum Gasteiger partial charge on any atom is -0.398 e. The zero-order valence-corrected chi connectivity index (χ0v) is 9.70. The fourth-order valence-electron chi connectivity index (χ4n) is 1.55. The van der Waals surface area contributed by atoms with Gasteiger partial charge in [-0.15, -0.1) is 10.2 Å². The van der Waals surface area contributed by atoms with Crippen LogP contribution in [0.25, 0.3) is 15.5 Å². The standard InChI is InChI=1S/C10H8FN5S/c1-5-13-14-10-16(5)15-9(17-10)7-3-2-6(11)4-8(7)12/h2-4H,12H2,1H3. The Morgan fingerprint density at radius 3 is 2.88 bits per heavy atom. The minimum absolute atomic E-state index is 0.356. The van der Waals surface area contributed by atoms with Crippen molar-refractivity contribution < 1.29 is 4.39 Å². The average molecular weight is 249 g/mol. The first kappa shape index (κ1) is 10.2. The summed E-state index contributed by atoms with van der Waals surface area (Å²) in [6, 6.07) is 4.26. The summed E-state index contributed by atoms with van der Waals surface area (Å²) < 4.78 is 14.6. The summed E-state index contributed by atoms with van der Waals surface area (Å²) in [7, 11) is 0. The number of hydrogen-bond acceptors (Lipinski definition) is 5. The summed E-state index contributed by atoms with van der Waals surface area (Å²) >= 11 is 1.37. The number of nitrogens with zero attached hydrogens (tertiary/aromatic N) is 4. The number of hydrogen-bond donors (Lipinski definition) is 1. The molecule has 3 aromatic rings. The molecule has 0 fully saturated rings. The van der Waals surface area contributed by atoms with E-state index in [-0.39, 0.29) is 5.82 Å². The van der Waals surface area contributed by atoms with Gasteiger partial charge in [-0.25, -0.2) is 4.39 Å². The number of anilines is 1. The predicted molar refractivity (Wildman–Crippen MR) is 63.2 cm³/mol. The molecule has 0 atom stereocenters. The first-order chi connectivity index (χ1) is 8.15. The van der Waals surface area contributed by atoms with E-state index in [4.69, 9.17) is 5.73 Å². The fraction of sp³-hybridized carbons (Fsp3) is 0.100. The Labute approximate surface area is 99.7 Å². The van der Waals surface area contributed by atoms with Gasteiger partial charge in [0, 0.05) is 11.3 Å². The molecule has 1 aromatic carbocycles. The van der Waals surface area contributed by atoms with Crippen molar-refractivity contribution in [2.75, 3.05) is 5.73 Å². The SMILES string of the molecule is Cc1nnc2sc(-c3ccc(F)cc3N)nn12. The summed E-state index contributed by atoms with van der Waals surface area (Å²) in [6.07, 6.45) is 0. The molecule has 0 aliphatic heterocycles. The summed E-state index contributed by atoms with van der Waals surface area (Å²) in [4.78, 5) is 0.696. The van der Waals surface area contributed by atoms with Gasteiger partial charge >= 0.3 is 0 Å². The number of aryl methyl sites for hydroxylation is 1. The third kappa shape index (κ3) is 1.55. The van der Waals surface area contributed by atoms with E-state index >= 15 is 0 Å². The van der Waals surface area contributed by atoms with Crippen molar-refractivity contribution in [3.8, 4) is 10.6 Å². The topological polar surface area (TPSA) is 69.1 Å². The van der Waals surface area contributed by atoms with Crippen LogP contribution in [0.3, 0.4) is 0 Å². The Balaban J connectivity index is 2.20. The molecule has 0 aliphatic rings. The van der Waals surface area contributed by atoms with E-state index in [1.807, 2.05) is 6.92 Å². The third-order valence-electron chi connectivity index (χ3n) is 2.39. The normalized spacial score (nSPS) is 11.2. The minimum atomic E-state index is -0.356. The Morgan fingerprint density at radius 1 is 1.35 bits per heavy atom. The van der Waals surface area contributed by atoms with Gasteiger partial charge in [0.2, 0.25) is 4.96 Å². The summed E-state index contributed by atoms with van der Waals surface area (Å²) in [5, 5.41) is 12.9. The van der Waals surface area contributed by atoms with Crippen LogP contribution < -0.4 is 5.73 Å². The summed E-state index contributed by atoms with van der Waals surface area (Å²) in [5.74, 6) is 0.355. The fourth-order valence-corrected chi connectivity index (χ4v) is 2.48. The highest BCUT2D eigenvalue weighted by molar-refractivity contribution is 7.19. The number of rotatable bonds is 1. The van der Waals surface area contributed by atoms with Crippen molar-refractivity contribution in [1.29, 1.82) is 0 Å². The largest absolute Gasteiger partial charge is 0.398 e. The summed E-state index contributed by atoms with van der Waals surface area (Å²) in [5.41, 5.74) is 6.84. The van der Waals surface area contributed by atoms with Gasteiger partial charge in [-0.2, -0.15) is 9.61 Å². The van der Waals surface area contributed by atoms with Crippen molar-refractivity contribution in [3.63, 3.8) is 0 Å². The van der Waals surface area contributed by atoms with Crippen LogP contribution in [-0.2, 0) is 0 Å². The molecule has 0 unspecified atom stereocenters. The second kappa shape index (κ2) is 3.49. The van der Waals surface area contributed by atoms with E-state index in [9.17, 15) is 4.39 Å². The summed E-state index contributed by atoms with van der Waals surface area (Å²) in [6.45, 7) is 1.82. The maximum absolute atomic E-state index is 12.9. The van der Waals surface area contributed by atoms with Crippen LogP contribution in [0, 0.1) is 12.7 Å². The predicted octanol–water partition coefficient (Wildman–Crippen LogP) is 1.88. The molecule has 0 aliphatic carbocycles. The molecule has 0 amide bonds. The second-order valence-corrected chi connectivity index (χ2v) is 4.54. The highest BCUT2D eigenvalue weighted by atomic mass is 32.1. The Hall–Kier alpha value is -2.02. The monoisotopic (exact) mass is 249 g/mol. The number of aromatic nitrogens is 4. The van der Waals surface area contributed by atoms with Crippen molar-refractivity contribution >= 4 is 22.0 Å². The molecule has 2 heterocycles. The maximum atomic E-state index is 12.9. The van der Waals surface area contributed by atoms with E-state index in [1.165, 1.54) is 23.5 Å². The average Bonchev–Trinajstić information content (AvgIpc) is 2.81. The van der Waals surface area contributed by atoms with E-state index in [2.05, 4.69) is 15.3 Å². The van der Waals surface area contributed by atoms with Crippen molar-refractivity contribution in [2.24, 2.45) is 0 Å². The zero-order valence-electron chi connectivity index (χ0n) is 8.88. The van der Waals surface area contributed by atoms with Crippen LogP contribution in [-0.4, -0.2) is 19.8 Å². The molecule has 0 saturated heterocycles. The van der Waals surface area contributed by atoms with Gasteiger partial charge in [0.25, 0.3) is 0 Å². The first-order valence-electron chi connectivity index (χ1n) is 4.89. The molecule has 2 N–H and O–H groups in total. The van der Waals surface area contributed by atoms with Crippen LogP contribution in [0.5, 0.6) is 0 Å². The zero-order chi connectivity index (χ0) is 12.0. The van der Waals surface area contributed by atoms with E-state index in [0.717, 1.165) is 0 Å². The Bertz CT molecular complexity index is 702. The lowest BCUT2D eigenvalue weighted by Gasteiger charge is -2.00. The van der Waals surface area contributed by atoms with E-state index < -0.39 is 0 Å². The Kier molecular flexibility index (Phi) is 2.08. The molecule has 0 bridgehead atoms. The van der Waals surface area contributed by atoms with Gasteiger partial charge in [0.15, 0.2) is 5.82 Å². The molecular weight excluding hydrogens is 241 g/mol. The van der Waals surface area contributed by atoms with Gasteiger partial charge in [0.05, 0.1) is 0 Å². The lowest BCUT2D eigenvalue weighted by atomic mass is 10.2. The number of halogens is 1. The van der Waals surface area contributed by atoms with E-state index in [1.54, 1.807) is 10.6 Å². The van der Waals surface area contributed by atoms with E-state index in [0.29, 0.717) is 27.0 Å². The molecule has 0 radical (unpaired) electrons. The molecular formula is C10H8FN5S. The van der Waals surface area contributed by atoms with Gasteiger partial charge in [-0.1, -0.05) is 11.3 Å². The van der Waals surface area contributed by atoms with Crippen LogP contribution in [0.1, 0.15) is 5.82 Å². The van der Waals surface area contributed by atoms with Gasteiger partial charge in [-0.3, -0.25) is 0 Å². The molecule has 86 valence electrons. The van der Waals surface area contributed by atoms with Crippen LogP contribution in [0.15, 0.2) is 18.2 Å². The van der Waals surface area contributed by atoms with Gasteiger partial charge in [0.1, 0.15) is 10.8 Å². The highest BCUT2D eigenvalue weighted by Crippen LogP contribution is 2.30. The lowest BCUT2D eigenvalue weighted by Crippen LogP contribution is -1.93. The first-order valence-corrected chi connectivity index (χ1v) is 5.71. The van der Waals surface area contributed by atoms with Gasteiger partial charge in [-0.05, 0) is 25.1 Å². The molecule has 0 saturated carbocycles. The number of benzene rings is 1. The quantitative estimate of drug-likeness (QED) is 0.668. The molecule has 17 heavy (non-hydrogen) atoms. The smallest absolute Gasteiger partial charge is 0.234 e. The molecule has 2 aromatic heterocycles. The number of fused-ring (bicyclic) bond motifs is 1. The second-order valence-electron chi connectivity index (χ2n) is 3.58. The number of nitrogen functional groups attached to an aromatic ring is 1. The molecule has 3 rings (SSSR count). The third-order valence-corrected chi connectivity index (χ3v) is 3.32. The molecule has 5 nitrogen and oxygen atoms in total. The van der Waals surface area contributed by atoms with Crippen LogP contribution >= 0.6 is 11.3 Å². The molecule has 0 spiro atoms. The van der Waals surface area contributed by atoms with Gasteiger partial charge < -0.3 is 5.73 Å². The van der Waals surface area contributed by atoms with Crippen molar-refractivity contribution in [2.45, 2.75) is 6.92 Å². The lowest BCUT2D eigenvalue weighted by molar-refractivity contribution is 0.628. The molecule has 7 heteroatoms. The van der Waals surface area contributed by atoms with Crippen molar-refractivity contribution in [3.05, 3.63) is 29.8 Å². The number of nitrogens with two attached hydrogens (primary N) is 1. The van der Waals surface area contributed by atoms with Crippen LogP contribution in [0.2, 0.25) is 0 Å². The van der Waals surface area contributed by atoms with Crippen molar-refractivity contribution in [1.82, 2.24) is 19.8 Å². The Morgan fingerprint density at radius 2 is 2.18 bits per heavy atom. The maximum Gasteiger partial charge on any atom is 0.234 e.